The number of aliphatic hydroxyl groups is 3. The van der Waals surface area contributed by atoms with Gasteiger partial charge in [-0.3, -0.25) is 28.8 Å². The van der Waals surface area contributed by atoms with Gasteiger partial charge in [-0.1, -0.05) is 0 Å². The monoisotopic (exact) mass is 621 g/mol. The number of carbonyl (C=O) groups excluding carboxylic acids is 6. The number of carbonyl (C=O) groups is 6. The lowest BCUT2D eigenvalue weighted by Crippen LogP contribution is -2.68. The van der Waals surface area contributed by atoms with Crippen LogP contribution < -0.4 is 16.0 Å². The van der Waals surface area contributed by atoms with Crippen LogP contribution in [0, 0.1) is 0 Å². The molecule has 2 heterocycles. The molecule has 0 saturated carbocycles. The molecule has 18 nitrogen and oxygen atoms in total. The maximum atomic E-state index is 12.9. The highest BCUT2D eigenvalue weighted by Crippen LogP contribution is 2.28. The maximum absolute atomic E-state index is 12.9. The minimum absolute atomic E-state index is 0.392. The fraction of sp³-hybridized carbons (Fsp3) is 0.760. The molecule has 2 aliphatic heterocycles. The number of hydrogen-bond donors (Lipinski definition) is 6. The Hall–Kier alpha value is -3.42. The Bertz CT molecular complexity index is 1030. The molecule has 3 amide bonds. The number of nitrogens with one attached hydrogen (secondary N) is 3. The number of esters is 3. The molecule has 2 rings (SSSR count). The summed E-state index contributed by atoms with van der Waals surface area (Å²) in [5.41, 5.74) is 0. The van der Waals surface area contributed by atoms with Crippen LogP contribution in [0.25, 0.3) is 0 Å². The van der Waals surface area contributed by atoms with Gasteiger partial charge >= 0.3 is 17.9 Å². The molecular formula is C25H39N3O15. The van der Waals surface area contributed by atoms with Crippen LogP contribution in [0.15, 0.2) is 0 Å². The molecule has 244 valence electrons. The van der Waals surface area contributed by atoms with Gasteiger partial charge in [0.05, 0.1) is 6.61 Å². The molecule has 0 spiro atoms. The molecule has 10 atom stereocenters. The van der Waals surface area contributed by atoms with Gasteiger partial charge in [0.15, 0.2) is 24.7 Å². The third-order valence-electron chi connectivity index (χ3n) is 6.44. The van der Waals surface area contributed by atoms with E-state index in [0.29, 0.717) is 0 Å². The SMILES string of the molecule is CO[C@@H]1O[C@H](COC(C)=O)[C@@H](OC(C)=O)[C@H](OC(C)=O)[C@H]1NC(=O)CCC(=O)N[C@@H]1O[C@H](CO)[C@@H](O)[C@H](O)[C@H]1NC(C)=O. The van der Waals surface area contributed by atoms with Gasteiger partial charge in [-0.05, 0) is 0 Å². The number of ether oxygens (including phenoxy) is 6. The lowest BCUT2D eigenvalue weighted by atomic mass is 9.95. The highest BCUT2D eigenvalue weighted by atomic mass is 16.7. The summed E-state index contributed by atoms with van der Waals surface area (Å²) in [6, 6.07) is -2.51. The van der Waals surface area contributed by atoms with E-state index in [1.807, 2.05) is 0 Å². The van der Waals surface area contributed by atoms with Crippen LogP contribution in [-0.4, -0.2) is 132 Å². The molecule has 0 aromatic rings. The van der Waals surface area contributed by atoms with Gasteiger partial charge in [-0.15, -0.1) is 0 Å². The Morgan fingerprint density at radius 1 is 0.721 bits per heavy atom. The van der Waals surface area contributed by atoms with Crippen LogP contribution in [0.4, 0.5) is 0 Å². The Labute approximate surface area is 246 Å². The third-order valence-corrected chi connectivity index (χ3v) is 6.44. The maximum Gasteiger partial charge on any atom is 0.303 e. The molecule has 2 aliphatic rings. The van der Waals surface area contributed by atoms with Crippen LogP contribution in [0.1, 0.15) is 40.5 Å². The molecule has 0 aromatic carbocycles. The molecule has 0 aliphatic carbocycles. The lowest BCUT2D eigenvalue weighted by Gasteiger charge is -2.44. The topological polar surface area (TPSA) is 255 Å². The molecule has 0 unspecified atom stereocenters. The Kier molecular flexibility index (Phi) is 13.7. The van der Waals surface area contributed by atoms with E-state index in [-0.39, 0.29) is 0 Å². The Morgan fingerprint density at radius 2 is 1.30 bits per heavy atom. The average Bonchev–Trinajstić information content (AvgIpc) is 2.91. The molecule has 2 fully saturated rings. The number of aliphatic hydroxyl groups excluding tert-OH is 3. The van der Waals surface area contributed by atoms with Crippen LogP contribution in [-0.2, 0) is 57.2 Å². The van der Waals surface area contributed by atoms with Crippen molar-refractivity contribution in [3.8, 4) is 0 Å². The van der Waals surface area contributed by atoms with Crippen molar-refractivity contribution >= 4 is 35.6 Å². The third kappa shape index (κ3) is 10.4. The van der Waals surface area contributed by atoms with Crippen molar-refractivity contribution in [3.63, 3.8) is 0 Å². The van der Waals surface area contributed by atoms with Gasteiger partial charge in [0.1, 0.15) is 43.1 Å². The molecule has 2 saturated heterocycles. The van der Waals surface area contributed by atoms with Crippen molar-refractivity contribution in [1.29, 1.82) is 0 Å². The van der Waals surface area contributed by atoms with E-state index in [1.165, 1.54) is 7.11 Å². The zero-order valence-corrected chi connectivity index (χ0v) is 24.3. The number of rotatable bonds is 12. The fourth-order valence-electron chi connectivity index (χ4n) is 4.61. The fourth-order valence-corrected chi connectivity index (χ4v) is 4.61. The molecule has 18 heteroatoms. The van der Waals surface area contributed by atoms with E-state index in [0.717, 1.165) is 27.7 Å². The van der Waals surface area contributed by atoms with E-state index in [4.69, 9.17) is 28.4 Å². The van der Waals surface area contributed by atoms with Gasteiger partial charge in [-0.2, -0.15) is 0 Å². The predicted octanol–water partition coefficient (Wildman–Crippen LogP) is -3.89. The van der Waals surface area contributed by atoms with E-state index < -0.39 is 123 Å². The Balaban J connectivity index is 2.14. The van der Waals surface area contributed by atoms with Crippen LogP contribution in [0.3, 0.4) is 0 Å². The summed E-state index contributed by atoms with van der Waals surface area (Å²) in [5.74, 6) is -4.31. The molecule has 43 heavy (non-hydrogen) atoms. The first-order valence-corrected chi connectivity index (χ1v) is 13.3. The van der Waals surface area contributed by atoms with Crippen LogP contribution in [0.2, 0.25) is 0 Å². The summed E-state index contributed by atoms with van der Waals surface area (Å²) in [7, 11) is 1.23. The molecule has 0 bridgehead atoms. The summed E-state index contributed by atoms with van der Waals surface area (Å²) < 4.78 is 32.2. The van der Waals surface area contributed by atoms with E-state index in [1.54, 1.807) is 0 Å². The quantitative estimate of drug-likeness (QED) is 0.0900. The van der Waals surface area contributed by atoms with Gasteiger partial charge < -0.3 is 59.7 Å². The number of hydrogen-bond acceptors (Lipinski definition) is 15. The minimum Gasteiger partial charge on any atom is -0.463 e. The van der Waals surface area contributed by atoms with Gasteiger partial charge in [-0.25, -0.2) is 0 Å². The summed E-state index contributed by atoms with van der Waals surface area (Å²) in [4.78, 5) is 72.3. The predicted molar refractivity (Wildman–Crippen MR) is 138 cm³/mol. The standard InChI is InChI=1S/C25H39N3O15/c1-10(30)26-18-21(37)20(36)14(8-29)42-24(18)28-17(35)7-6-16(34)27-19-23(41-13(4)33)22(40-12(3)32)15(9-39-11(2)31)43-25(19)38-5/h14-15,18-25,29,36-37H,6-9H2,1-5H3,(H,26,30)(H,27,34)(H,28,35)/t14-,15-,18-,19-,20-,21-,22-,23-,24-,25-/m1/s1. The Morgan fingerprint density at radius 3 is 1.81 bits per heavy atom. The first kappa shape index (κ1) is 35.8. The number of amides is 3. The largest absolute Gasteiger partial charge is 0.463 e. The van der Waals surface area contributed by atoms with E-state index in [2.05, 4.69) is 16.0 Å². The smallest absolute Gasteiger partial charge is 0.303 e. The van der Waals surface area contributed by atoms with Crippen molar-refractivity contribution < 1.29 is 72.5 Å². The first-order chi connectivity index (χ1) is 20.2. The highest BCUT2D eigenvalue weighted by Gasteiger charge is 2.51. The molecule has 6 N–H and O–H groups in total. The van der Waals surface area contributed by atoms with Crippen molar-refractivity contribution in [1.82, 2.24) is 16.0 Å². The van der Waals surface area contributed by atoms with Crippen LogP contribution in [0.5, 0.6) is 0 Å². The van der Waals surface area contributed by atoms with Crippen molar-refractivity contribution in [2.24, 2.45) is 0 Å². The van der Waals surface area contributed by atoms with Crippen LogP contribution >= 0.6 is 0 Å². The summed E-state index contributed by atoms with van der Waals surface area (Å²) in [5, 5.41) is 37.2. The minimum atomic E-state index is -1.59. The zero-order chi connectivity index (χ0) is 32.4. The van der Waals surface area contributed by atoms with E-state index >= 15 is 0 Å². The van der Waals surface area contributed by atoms with Gasteiger partial charge in [0.2, 0.25) is 17.7 Å². The van der Waals surface area contributed by atoms with Crippen molar-refractivity contribution in [2.45, 2.75) is 102 Å². The average molecular weight is 622 g/mol. The van der Waals surface area contributed by atoms with Gasteiger partial charge in [0, 0.05) is 47.6 Å². The highest BCUT2D eigenvalue weighted by molar-refractivity contribution is 5.84. The lowest BCUT2D eigenvalue weighted by molar-refractivity contribution is -0.271. The normalized spacial score (nSPS) is 32.1. The molecular weight excluding hydrogens is 582 g/mol. The van der Waals surface area contributed by atoms with Crippen molar-refractivity contribution in [2.75, 3.05) is 20.3 Å². The molecule has 0 radical (unpaired) electrons. The molecule has 0 aromatic heterocycles. The van der Waals surface area contributed by atoms with Gasteiger partial charge in [0.25, 0.3) is 0 Å². The van der Waals surface area contributed by atoms with Crippen molar-refractivity contribution in [3.05, 3.63) is 0 Å². The second kappa shape index (κ2) is 16.4. The number of methoxy groups -OCH3 is 1. The second-order valence-electron chi connectivity index (χ2n) is 9.88. The summed E-state index contributed by atoms with van der Waals surface area (Å²) >= 11 is 0. The first-order valence-electron chi connectivity index (χ1n) is 13.3. The second-order valence-corrected chi connectivity index (χ2v) is 9.88. The summed E-state index contributed by atoms with van der Waals surface area (Å²) in [6.45, 7) is 3.40. The van der Waals surface area contributed by atoms with E-state index in [9.17, 15) is 44.1 Å². The summed E-state index contributed by atoms with van der Waals surface area (Å²) in [6.07, 6.45) is -11.7. The zero-order valence-electron chi connectivity index (χ0n) is 24.3.